The standard InChI is InChI=1S/C11H18O3Si/c1-12-15(13-2,14-3)11-9-7-5-4-6-8-10-11/h4-7,9H,8,10H2,1-3H3/b6-4-,7-5-,11-9+. The third kappa shape index (κ3) is 2.88. The molecule has 0 amide bonds. The Kier molecular flexibility index (Phi) is 4.97. The van der Waals surface area contributed by atoms with E-state index in [2.05, 4.69) is 6.08 Å². The molecule has 0 heterocycles. The van der Waals surface area contributed by atoms with Crippen molar-refractivity contribution in [2.45, 2.75) is 12.8 Å². The van der Waals surface area contributed by atoms with Crippen LogP contribution in [0.3, 0.4) is 0 Å². The summed E-state index contributed by atoms with van der Waals surface area (Å²) in [5.41, 5.74) is 0. The van der Waals surface area contributed by atoms with Crippen molar-refractivity contribution in [1.29, 1.82) is 0 Å². The van der Waals surface area contributed by atoms with Gasteiger partial charge in [-0.25, -0.2) is 0 Å². The van der Waals surface area contributed by atoms with Gasteiger partial charge in [-0.15, -0.1) is 0 Å². The van der Waals surface area contributed by atoms with Gasteiger partial charge in [0, 0.05) is 26.5 Å². The summed E-state index contributed by atoms with van der Waals surface area (Å²) in [4.78, 5) is 0. The fraction of sp³-hybridized carbons (Fsp3) is 0.455. The SMILES string of the molecule is CO[Si](OC)(OC)/C1=C/C=C\C=C/CC1. The van der Waals surface area contributed by atoms with Crippen molar-refractivity contribution in [2.24, 2.45) is 0 Å². The monoisotopic (exact) mass is 226 g/mol. The number of hydrogen-bond acceptors (Lipinski definition) is 3. The van der Waals surface area contributed by atoms with Gasteiger partial charge in [-0.05, 0) is 12.8 Å². The molecule has 0 aromatic heterocycles. The van der Waals surface area contributed by atoms with Gasteiger partial charge < -0.3 is 13.3 Å². The molecule has 15 heavy (non-hydrogen) atoms. The molecule has 0 unspecified atom stereocenters. The quantitative estimate of drug-likeness (QED) is 0.688. The molecule has 1 aliphatic carbocycles. The van der Waals surface area contributed by atoms with E-state index in [4.69, 9.17) is 13.3 Å². The lowest BCUT2D eigenvalue weighted by atomic mass is 10.2. The van der Waals surface area contributed by atoms with E-state index in [1.165, 1.54) is 0 Å². The second-order valence-corrected chi connectivity index (χ2v) is 6.19. The third-order valence-electron chi connectivity index (χ3n) is 2.44. The van der Waals surface area contributed by atoms with Crippen LogP contribution >= 0.6 is 0 Å². The zero-order valence-corrected chi connectivity index (χ0v) is 10.5. The fourth-order valence-electron chi connectivity index (χ4n) is 1.63. The molecule has 84 valence electrons. The smallest absolute Gasteiger partial charge is 0.374 e. The molecule has 1 aliphatic rings. The number of allylic oxidation sites excluding steroid dienone is 6. The average Bonchev–Trinajstić information content (AvgIpc) is 2.23. The molecule has 3 nitrogen and oxygen atoms in total. The van der Waals surface area contributed by atoms with Crippen molar-refractivity contribution in [2.75, 3.05) is 21.3 Å². The first-order valence-corrected chi connectivity index (χ1v) is 6.70. The summed E-state index contributed by atoms with van der Waals surface area (Å²) < 4.78 is 16.3. The summed E-state index contributed by atoms with van der Waals surface area (Å²) in [6, 6.07) is 0. The van der Waals surface area contributed by atoms with E-state index in [1.54, 1.807) is 21.3 Å². The zero-order chi connectivity index (χ0) is 11.1. The van der Waals surface area contributed by atoms with Crippen LogP contribution in [0.5, 0.6) is 0 Å². The molecular formula is C11H18O3Si. The van der Waals surface area contributed by atoms with Crippen LogP contribution in [0.4, 0.5) is 0 Å². The predicted molar refractivity (Wildman–Crippen MR) is 62.4 cm³/mol. The van der Waals surface area contributed by atoms with E-state index in [-0.39, 0.29) is 0 Å². The zero-order valence-electron chi connectivity index (χ0n) is 9.53. The normalized spacial score (nSPS) is 24.9. The van der Waals surface area contributed by atoms with Gasteiger partial charge in [0.1, 0.15) is 0 Å². The Morgan fingerprint density at radius 2 is 1.67 bits per heavy atom. The molecule has 4 heteroatoms. The van der Waals surface area contributed by atoms with Crippen LogP contribution in [0, 0.1) is 0 Å². The Balaban J connectivity index is 2.92. The molecule has 0 aromatic carbocycles. The minimum atomic E-state index is -2.60. The van der Waals surface area contributed by atoms with Gasteiger partial charge in [-0.1, -0.05) is 30.4 Å². The van der Waals surface area contributed by atoms with Gasteiger partial charge in [-0.3, -0.25) is 0 Å². The summed E-state index contributed by atoms with van der Waals surface area (Å²) in [5, 5.41) is 1.12. The molecule has 0 aliphatic heterocycles. The molecule has 0 radical (unpaired) electrons. The minimum Gasteiger partial charge on any atom is -0.374 e. The Hall–Kier alpha value is -0.683. The highest BCUT2D eigenvalue weighted by molar-refractivity contribution is 6.68. The lowest BCUT2D eigenvalue weighted by Crippen LogP contribution is -2.45. The van der Waals surface area contributed by atoms with Crippen molar-refractivity contribution in [3.8, 4) is 0 Å². The van der Waals surface area contributed by atoms with Crippen molar-refractivity contribution in [3.05, 3.63) is 35.6 Å². The highest BCUT2D eigenvalue weighted by Crippen LogP contribution is 2.23. The molecule has 0 bridgehead atoms. The largest absolute Gasteiger partial charge is 0.532 e. The second-order valence-electron chi connectivity index (χ2n) is 3.21. The first kappa shape index (κ1) is 12.4. The highest BCUT2D eigenvalue weighted by atomic mass is 28.4. The van der Waals surface area contributed by atoms with Crippen LogP contribution in [0.25, 0.3) is 0 Å². The molecule has 0 N–H and O–H groups in total. The Labute approximate surface area is 92.4 Å². The van der Waals surface area contributed by atoms with Crippen molar-refractivity contribution in [1.82, 2.24) is 0 Å². The van der Waals surface area contributed by atoms with E-state index >= 15 is 0 Å². The molecule has 0 atom stereocenters. The third-order valence-corrected chi connectivity index (χ3v) is 5.25. The molecule has 0 saturated carbocycles. The van der Waals surface area contributed by atoms with E-state index in [0.717, 1.165) is 18.0 Å². The summed E-state index contributed by atoms with van der Waals surface area (Å²) in [7, 11) is 2.32. The van der Waals surface area contributed by atoms with E-state index in [1.807, 2.05) is 24.3 Å². The van der Waals surface area contributed by atoms with Crippen molar-refractivity contribution >= 4 is 8.80 Å². The van der Waals surface area contributed by atoms with Crippen LogP contribution in [0.2, 0.25) is 0 Å². The topological polar surface area (TPSA) is 27.7 Å². The maximum atomic E-state index is 5.44. The lowest BCUT2D eigenvalue weighted by Gasteiger charge is -2.26. The lowest BCUT2D eigenvalue weighted by molar-refractivity contribution is 0.133. The van der Waals surface area contributed by atoms with Gasteiger partial charge in [0.25, 0.3) is 0 Å². The molecule has 0 spiro atoms. The van der Waals surface area contributed by atoms with Crippen molar-refractivity contribution < 1.29 is 13.3 Å². The second kappa shape index (κ2) is 6.02. The average molecular weight is 226 g/mol. The van der Waals surface area contributed by atoms with Crippen LogP contribution in [0.15, 0.2) is 35.6 Å². The Morgan fingerprint density at radius 3 is 2.27 bits per heavy atom. The van der Waals surface area contributed by atoms with Gasteiger partial charge in [0.05, 0.1) is 0 Å². The highest BCUT2D eigenvalue weighted by Gasteiger charge is 2.42. The number of hydrogen-bond donors (Lipinski definition) is 0. The maximum Gasteiger partial charge on any atom is 0.532 e. The molecule has 0 fully saturated rings. The van der Waals surface area contributed by atoms with Gasteiger partial charge >= 0.3 is 8.80 Å². The van der Waals surface area contributed by atoms with E-state index in [9.17, 15) is 0 Å². The van der Waals surface area contributed by atoms with Gasteiger partial charge in [0.15, 0.2) is 0 Å². The van der Waals surface area contributed by atoms with Crippen LogP contribution < -0.4 is 0 Å². The van der Waals surface area contributed by atoms with Gasteiger partial charge in [0.2, 0.25) is 0 Å². The van der Waals surface area contributed by atoms with E-state index < -0.39 is 8.80 Å². The van der Waals surface area contributed by atoms with Crippen LogP contribution in [0.1, 0.15) is 12.8 Å². The van der Waals surface area contributed by atoms with Gasteiger partial charge in [-0.2, -0.15) is 0 Å². The van der Waals surface area contributed by atoms with Crippen molar-refractivity contribution in [3.63, 3.8) is 0 Å². The Bertz CT molecular complexity index is 269. The summed E-state index contributed by atoms with van der Waals surface area (Å²) in [6.45, 7) is 0. The molecular weight excluding hydrogens is 208 g/mol. The first-order valence-electron chi connectivity index (χ1n) is 4.97. The molecule has 0 saturated heterocycles. The summed E-state index contributed by atoms with van der Waals surface area (Å²) in [5.74, 6) is 0. The van der Waals surface area contributed by atoms with Crippen LogP contribution in [-0.2, 0) is 13.3 Å². The first-order chi connectivity index (χ1) is 7.29. The summed E-state index contributed by atoms with van der Waals surface area (Å²) in [6.07, 6.45) is 12.1. The van der Waals surface area contributed by atoms with E-state index in [0.29, 0.717) is 0 Å². The fourth-order valence-corrected chi connectivity index (χ4v) is 3.67. The molecule has 1 rings (SSSR count). The predicted octanol–water partition coefficient (Wildman–Crippen LogP) is 2.24. The Morgan fingerprint density at radius 1 is 1.00 bits per heavy atom. The summed E-state index contributed by atoms with van der Waals surface area (Å²) >= 11 is 0. The minimum absolute atomic E-state index is 0.919. The number of rotatable bonds is 4. The molecule has 0 aromatic rings. The maximum absolute atomic E-state index is 5.44. The van der Waals surface area contributed by atoms with Crippen LogP contribution in [-0.4, -0.2) is 30.1 Å².